The SMILES string of the molecule is C=C1CC2CC[C@]34C[C@@H](O)C(O3)C3CC(O4)[C@H]4OC(CCC4O3)CC(=O)CC3[C@@H](OC)C(C[C@@H](O)CC=O)O[C@H]3CC3OC(CCC1O2)C[C@@H](C)C3=C. The normalized spacial score (nSPS) is 49.5. The lowest BCUT2D eigenvalue weighted by Crippen LogP contribution is -2.58. The summed E-state index contributed by atoms with van der Waals surface area (Å²) in [5.41, 5.74) is 2.12. The molecule has 0 aromatic rings. The third kappa shape index (κ3) is 7.89. The zero-order chi connectivity index (χ0) is 37.0. The smallest absolute Gasteiger partial charge is 0.172 e. The summed E-state index contributed by atoms with van der Waals surface area (Å²) in [4.78, 5) is 25.2. The molecule has 8 aliphatic heterocycles. The van der Waals surface area contributed by atoms with E-state index in [1.165, 1.54) is 0 Å². The lowest BCUT2D eigenvalue weighted by molar-refractivity contribution is -0.277. The van der Waals surface area contributed by atoms with Crippen LogP contribution in [0, 0.1) is 11.8 Å². The first kappa shape index (κ1) is 38.3. The number of carbonyl (C=O) groups is 2. The van der Waals surface area contributed by atoms with Gasteiger partial charge in [0.15, 0.2) is 5.79 Å². The Morgan fingerprint density at radius 2 is 1.64 bits per heavy atom. The van der Waals surface area contributed by atoms with E-state index in [0.29, 0.717) is 38.4 Å². The summed E-state index contributed by atoms with van der Waals surface area (Å²) in [5.74, 6) is -0.930. The number of aliphatic hydroxyl groups excluding tert-OH is 2. The number of fused-ring (bicyclic) bond motifs is 9. The first-order valence-electron chi connectivity index (χ1n) is 20.3. The van der Waals surface area contributed by atoms with Crippen molar-refractivity contribution in [3.63, 3.8) is 0 Å². The minimum atomic E-state index is -0.959. The molecular weight excluding hydrogens is 684 g/mol. The van der Waals surface area contributed by atoms with Crippen molar-refractivity contribution in [2.24, 2.45) is 11.8 Å². The number of carbonyl (C=O) groups excluding carboxylic acids is 2. The zero-order valence-electron chi connectivity index (χ0n) is 31.4. The fourth-order valence-electron chi connectivity index (χ4n) is 11.0. The van der Waals surface area contributed by atoms with Crippen molar-refractivity contribution in [1.82, 2.24) is 0 Å². The van der Waals surface area contributed by atoms with Gasteiger partial charge in [0.25, 0.3) is 0 Å². The van der Waals surface area contributed by atoms with Crippen molar-refractivity contribution >= 4 is 12.1 Å². The molecule has 53 heavy (non-hydrogen) atoms. The van der Waals surface area contributed by atoms with Gasteiger partial charge in [0.1, 0.15) is 24.3 Å². The van der Waals surface area contributed by atoms with E-state index < -0.39 is 36.3 Å². The minimum Gasteiger partial charge on any atom is -0.393 e. The monoisotopic (exact) mass is 744 g/mol. The van der Waals surface area contributed by atoms with E-state index in [0.717, 1.165) is 49.7 Å². The molecule has 0 amide bonds. The molecule has 0 saturated carbocycles. The van der Waals surface area contributed by atoms with E-state index in [2.05, 4.69) is 20.1 Å². The van der Waals surface area contributed by atoms with Gasteiger partial charge in [-0.25, -0.2) is 0 Å². The second-order valence-electron chi connectivity index (χ2n) is 17.4. The number of hydrogen-bond acceptors (Lipinski definition) is 12. The topological polar surface area (TPSA) is 148 Å². The molecule has 0 radical (unpaired) electrons. The van der Waals surface area contributed by atoms with Gasteiger partial charge in [-0.2, -0.15) is 0 Å². The van der Waals surface area contributed by atoms with Crippen LogP contribution in [0.15, 0.2) is 24.3 Å². The van der Waals surface area contributed by atoms with Gasteiger partial charge in [0, 0.05) is 64.4 Å². The Morgan fingerprint density at radius 1 is 0.849 bits per heavy atom. The van der Waals surface area contributed by atoms with Gasteiger partial charge in [-0.05, 0) is 62.0 Å². The van der Waals surface area contributed by atoms with Crippen LogP contribution in [0.2, 0.25) is 0 Å². The molecule has 2 N–H and O–H groups in total. The molecule has 8 fully saturated rings. The molecule has 296 valence electrons. The quantitative estimate of drug-likeness (QED) is 0.309. The standard InChI is InChI=1S/C41H60O12/c1-21-13-26-5-7-31-22(2)14-28(47-31)9-11-41-20-30(45)39(53-41)36-19-37(52-41)40-32(50-36)8-6-27(49-40)15-25(44)16-29-34(18-33(48-26)23(21)3)51-35(38(29)46-4)17-24(43)10-12-42/h12,21,24,26-40,43,45H,2-3,5-11,13-20H2,1,4H3/t21-,24+,26?,27?,28?,29?,30-,31?,32?,33?,34+,35?,36?,37?,38-,39?,40+,41-/m1/s1. The van der Waals surface area contributed by atoms with Crippen LogP contribution in [0.5, 0.6) is 0 Å². The van der Waals surface area contributed by atoms with Crippen molar-refractivity contribution in [3.05, 3.63) is 24.3 Å². The number of ether oxygens (including phenoxy) is 8. The number of ketones is 1. The fourth-order valence-corrected chi connectivity index (χ4v) is 11.0. The molecule has 8 saturated heterocycles. The van der Waals surface area contributed by atoms with Crippen LogP contribution in [-0.4, -0.2) is 127 Å². The van der Waals surface area contributed by atoms with Crippen LogP contribution in [0.25, 0.3) is 0 Å². The molecule has 10 bridgehead atoms. The van der Waals surface area contributed by atoms with Gasteiger partial charge in [0.2, 0.25) is 0 Å². The van der Waals surface area contributed by atoms with E-state index >= 15 is 0 Å². The highest BCUT2D eigenvalue weighted by atomic mass is 16.7. The Hall–Kier alpha value is -1.58. The Kier molecular flexibility index (Phi) is 11.4. The molecule has 8 aliphatic rings. The molecule has 0 aromatic carbocycles. The Balaban J connectivity index is 1.06. The van der Waals surface area contributed by atoms with Crippen LogP contribution in [-0.2, 0) is 47.5 Å². The van der Waals surface area contributed by atoms with Gasteiger partial charge in [-0.3, -0.25) is 4.79 Å². The molecule has 1 spiro atoms. The number of aldehydes is 1. The fraction of sp³-hybridized carbons (Fsp3) is 0.854. The van der Waals surface area contributed by atoms with Crippen LogP contribution in [0.4, 0.5) is 0 Å². The Bertz CT molecular complexity index is 1370. The highest BCUT2D eigenvalue weighted by molar-refractivity contribution is 5.79. The van der Waals surface area contributed by atoms with E-state index in [-0.39, 0.29) is 104 Å². The summed E-state index contributed by atoms with van der Waals surface area (Å²) in [6.07, 6.45) is 3.78. The summed E-state index contributed by atoms with van der Waals surface area (Å²) >= 11 is 0. The lowest BCUT2D eigenvalue weighted by atomic mass is 9.81. The van der Waals surface area contributed by atoms with Crippen LogP contribution in [0.1, 0.15) is 103 Å². The number of methoxy groups -OCH3 is 1. The molecule has 12 nitrogen and oxygen atoms in total. The van der Waals surface area contributed by atoms with Gasteiger partial charge >= 0.3 is 0 Å². The maximum absolute atomic E-state index is 14.0. The lowest BCUT2D eigenvalue weighted by Gasteiger charge is -2.47. The average Bonchev–Trinajstić information content (AvgIpc) is 3.72. The molecule has 12 heteroatoms. The van der Waals surface area contributed by atoms with E-state index in [9.17, 15) is 19.8 Å². The summed E-state index contributed by atoms with van der Waals surface area (Å²) in [5, 5.41) is 21.7. The first-order chi connectivity index (χ1) is 25.5. The summed E-state index contributed by atoms with van der Waals surface area (Å²) in [7, 11) is 1.62. The van der Waals surface area contributed by atoms with Gasteiger partial charge in [-0.15, -0.1) is 0 Å². The Labute approximate surface area is 313 Å². The molecule has 18 atom stereocenters. The number of aliphatic hydroxyl groups is 2. The maximum atomic E-state index is 14.0. The largest absolute Gasteiger partial charge is 0.393 e. The van der Waals surface area contributed by atoms with Gasteiger partial charge in [-0.1, -0.05) is 20.1 Å². The summed E-state index contributed by atoms with van der Waals surface area (Å²) in [6.45, 7) is 11.0. The first-order valence-corrected chi connectivity index (χ1v) is 20.3. The third-order valence-electron chi connectivity index (χ3n) is 13.7. The minimum absolute atomic E-state index is 0.00381. The van der Waals surface area contributed by atoms with Crippen molar-refractivity contribution in [2.45, 2.75) is 201 Å². The zero-order valence-corrected chi connectivity index (χ0v) is 31.4. The van der Waals surface area contributed by atoms with Crippen molar-refractivity contribution in [3.8, 4) is 0 Å². The maximum Gasteiger partial charge on any atom is 0.172 e. The summed E-state index contributed by atoms with van der Waals surface area (Å²) < 4.78 is 52.8. The molecule has 0 aliphatic carbocycles. The van der Waals surface area contributed by atoms with Crippen LogP contribution < -0.4 is 0 Å². The molecular formula is C41H60O12. The molecule has 11 unspecified atom stereocenters. The predicted molar refractivity (Wildman–Crippen MR) is 190 cm³/mol. The van der Waals surface area contributed by atoms with Crippen molar-refractivity contribution in [2.75, 3.05) is 7.11 Å². The van der Waals surface area contributed by atoms with Crippen LogP contribution in [0.3, 0.4) is 0 Å². The highest BCUT2D eigenvalue weighted by Crippen LogP contribution is 2.49. The number of rotatable bonds is 5. The second-order valence-corrected chi connectivity index (χ2v) is 17.4. The van der Waals surface area contributed by atoms with E-state index in [1.807, 2.05) is 0 Å². The second kappa shape index (κ2) is 15.8. The molecule has 8 heterocycles. The van der Waals surface area contributed by atoms with Gasteiger partial charge < -0.3 is 52.9 Å². The van der Waals surface area contributed by atoms with Crippen molar-refractivity contribution in [1.29, 1.82) is 0 Å². The molecule has 0 aromatic heterocycles. The van der Waals surface area contributed by atoms with E-state index in [4.69, 9.17) is 37.9 Å². The van der Waals surface area contributed by atoms with E-state index in [1.54, 1.807) is 7.11 Å². The number of hydrogen-bond donors (Lipinski definition) is 2. The molecule has 8 rings (SSSR count). The predicted octanol–water partition coefficient (Wildman–Crippen LogP) is 4.05. The third-order valence-corrected chi connectivity index (χ3v) is 13.7. The van der Waals surface area contributed by atoms with Crippen molar-refractivity contribution < 1.29 is 57.7 Å². The highest BCUT2D eigenvalue weighted by Gasteiger charge is 2.59. The average molecular weight is 745 g/mol. The Morgan fingerprint density at radius 3 is 2.45 bits per heavy atom. The number of Topliss-reactive ketones (excluding diaryl/α,β-unsaturated/α-hetero) is 1. The van der Waals surface area contributed by atoms with Crippen LogP contribution >= 0.6 is 0 Å². The summed E-state index contributed by atoms with van der Waals surface area (Å²) in [6, 6.07) is 0. The van der Waals surface area contributed by atoms with Gasteiger partial charge in [0.05, 0.1) is 79.4 Å².